The molecule has 0 rings (SSSR count). The summed E-state index contributed by atoms with van der Waals surface area (Å²) >= 11 is 0. The minimum absolute atomic E-state index is 0.274. The first-order valence-electron chi connectivity index (χ1n) is 1.92. The maximum atomic E-state index is 9.65. The van der Waals surface area contributed by atoms with Gasteiger partial charge in [-0.1, -0.05) is 5.01 Å². The van der Waals surface area contributed by atoms with E-state index in [0.29, 0.717) is 5.01 Å². The Morgan fingerprint density at radius 3 is 2.38 bits per heavy atom. The molecule has 3 N–H and O–H groups in total. The number of hydrogen-bond donors (Lipinski definition) is 2. The number of nitrogens with two attached hydrogens (primary N) is 1. The third-order valence-electron chi connectivity index (χ3n) is 0.605. The summed E-state index contributed by atoms with van der Waals surface area (Å²) in [6.45, 7) is -0.924. The lowest BCUT2D eigenvalue weighted by Crippen LogP contribution is -2.35. The van der Waals surface area contributed by atoms with Crippen LogP contribution in [0.2, 0.25) is 0 Å². The van der Waals surface area contributed by atoms with Gasteiger partial charge >= 0.3 is 0 Å². The highest BCUT2D eigenvalue weighted by Crippen LogP contribution is 1.78. The van der Waals surface area contributed by atoms with Crippen LogP contribution < -0.4 is 5.73 Å². The number of nitro groups is 1. The normalized spacial score (nSPS) is 8.75. The molecule has 0 aromatic carbocycles. The van der Waals surface area contributed by atoms with Crippen molar-refractivity contribution in [3.05, 3.63) is 10.1 Å². The lowest BCUT2D eigenvalue weighted by Gasteiger charge is -2.05. The molecule has 0 unspecified atom stereocenters. The van der Waals surface area contributed by atoms with Crippen LogP contribution >= 0.6 is 0 Å². The molecule has 0 saturated carbocycles. The Morgan fingerprint density at radius 1 is 1.88 bits per heavy atom. The van der Waals surface area contributed by atoms with Crippen LogP contribution in [0, 0.1) is 10.1 Å². The van der Waals surface area contributed by atoms with Gasteiger partial charge in [0.1, 0.15) is 6.67 Å². The Kier molecular flexibility index (Phi) is 2.82. The smallest absolute Gasteiger partial charge is 0.175 e. The van der Waals surface area contributed by atoms with E-state index in [-0.39, 0.29) is 6.67 Å². The molecule has 6 heteroatoms. The summed E-state index contributed by atoms with van der Waals surface area (Å²) < 4.78 is 0. The van der Waals surface area contributed by atoms with Crippen molar-refractivity contribution in [2.45, 2.75) is 0 Å². The molecule has 0 atom stereocenters. The summed E-state index contributed by atoms with van der Waals surface area (Å²) in [5, 5.41) is 17.5. The van der Waals surface area contributed by atoms with Crippen molar-refractivity contribution in [2.75, 3.05) is 13.4 Å². The summed E-state index contributed by atoms with van der Waals surface area (Å²) in [6.07, 6.45) is 0. The SMILES string of the molecule is NCN(CO)[N+](=O)[O-]. The Labute approximate surface area is 45.6 Å². The van der Waals surface area contributed by atoms with Crippen LogP contribution in [0.4, 0.5) is 0 Å². The summed E-state index contributed by atoms with van der Waals surface area (Å²) in [7, 11) is 0. The van der Waals surface area contributed by atoms with Gasteiger partial charge in [-0.2, -0.15) is 0 Å². The van der Waals surface area contributed by atoms with Crippen LogP contribution in [0.3, 0.4) is 0 Å². The molecule has 6 nitrogen and oxygen atoms in total. The molecule has 0 aliphatic heterocycles. The molecule has 48 valence electrons. The molecule has 0 aromatic heterocycles. The van der Waals surface area contributed by atoms with E-state index in [1.165, 1.54) is 0 Å². The standard InChI is InChI=1S/C2H7N3O3/c3-1-4(2-6)5(7)8/h6H,1-3H2. The number of nitrogens with zero attached hydrogens (tertiary/aromatic N) is 2. The van der Waals surface area contributed by atoms with Crippen molar-refractivity contribution < 1.29 is 10.1 Å². The van der Waals surface area contributed by atoms with Crippen LogP contribution in [-0.2, 0) is 0 Å². The van der Waals surface area contributed by atoms with Crippen molar-refractivity contribution in [1.29, 1.82) is 0 Å². The van der Waals surface area contributed by atoms with Gasteiger partial charge in [0.15, 0.2) is 11.8 Å². The summed E-state index contributed by atoms with van der Waals surface area (Å²) in [6, 6.07) is 0. The Bertz CT molecular complexity index is 80.6. The molecule has 0 saturated heterocycles. The Hall–Kier alpha value is -0.880. The Balaban J connectivity index is 3.52. The molecule has 8 heavy (non-hydrogen) atoms. The minimum Gasteiger partial charge on any atom is -0.371 e. The summed E-state index contributed by atoms with van der Waals surface area (Å²) in [5.74, 6) is 0. The van der Waals surface area contributed by atoms with E-state index < -0.39 is 11.8 Å². The lowest BCUT2D eigenvalue weighted by molar-refractivity contribution is -0.663. The lowest BCUT2D eigenvalue weighted by atomic mass is 11.0. The quantitative estimate of drug-likeness (QED) is 0.265. The zero-order valence-corrected chi connectivity index (χ0v) is 4.15. The van der Waals surface area contributed by atoms with Crippen molar-refractivity contribution in [2.24, 2.45) is 5.73 Å². The fourth-order valence-electron chi connectivity index (χ4n) is 0.176. The zero-order chi connectivity index (χ0) is 6.57. The maximum absolute atomic E-state index is 9.65. The van der Waals surface area contributed by atoms with Crippen LogP contribution in [-0.4, -0.2) is 28.5 Å². The maximum Gasteiger partial charge on any atom is 0.175 e. The van der Waals surface area contributed by atoms with Gasteiger partial charge in [-0.25, -0.2) is 10.1 Å². The average molecular weight is 121 g/mol. The van der Waals surface area contributed by atoms with Gasteiger partial charge in [0.25, 0.3) is 0 Å². The van der Waals surface area contributed by atoms with Gasteiger partial charge in [0, 0.05) is 0 Å². The number of aliphatic hydroxyl groups is 1. The topological polar surface area (TPSA) is 92.6 Å². The number of rotatable bonds is 3. The van der Waals surface area contributed by atoms with E-state index in [2.05, 4.69) is 0 Å². The van der Waals surface area contributed by atoms with Crippen molar-refractivity contribution in [1.82, 2.24) is 5.01 Å². The second-order valence-electron chi connectivity index (χ2n) is 1.07. The molecular formula is C2H7N3O3. The van der Waals surface area contributed by atoms with Gasteiger partial charge in [-0.15, -0.1) is 0 Å². The van der Waals surface area contributed by atoms with Crippen LogP contribution in [0.1, 0.15) is 0 Å². The zero-order valence-electron chi connectivity index (χ0n) is 4.15. The third kappa shape index (κ3) is 1.71. The largest absolute Gasteiger partial charge is 0.371 e. The molecule has 0 heterocycles. The summed E-state index contributed by atoms with van der Waals surface area (Å²) in [5.41, 5.74) is 4.81. The average Bonchev–Trinajstić information content (AvgIpc) is 1.69. The second-order valence-corrected chi connectivity index (χ2v) is 1.07. The van der Waals surface area contributed by atoms with Gasteiger partial charge in [-0.3, -0.25) is 0 Å². The van der Waals surface area contributed by atoms with Crippen molar-refractivity contribution >= 4 is 0 Å². The third-order valence-corrected chi connectivity index (χ3v) is 0.605. The highest BCUT2D eigenvalue weighted by atomic mass is 16.7. The van der Waals surface area contributed by atoms with Crippen molar-refractivity contribution in [3.63, 3.8) is 0 Å². The van der Waals surface area contributed by atoms with Crippen LogP contribution in [0.15, 0.2) is 0 Å². The fourth-order valence-corrected chi connectivity index (χ4v) is 0.176. The first kappa shape index (κ1) is 7.12. The van der Waals surface area contributed by atoms with Crippen LogP contribution in [0.25, 0.3) is 0 Å². The van der Waals surface area contributed by atoms with Crippen molar-refractivity contribution in [3.8, 4) is 0 Å². The number of hydrazine groups is 1. The fraction of sp³-hybridized carbons (Fsp3) is 1.00. The monoisotopic (exact) mass is 121 g/mol. The molecule has 0 aliphatic carbocycles. The molecule has 0 amide bonds. The van der Waals surface area contributed by atoms with E-state index in [1.807, 2.05) is 0 Å². The van der Waals surface area contributed by atoms with Gasteiger partial charge in [-0.05, 0) is 0 Å². The molecule has 0 fully saturated rings. The number of hydrogen-bond acceptors (Lipinski definition) is 4. The highest BCUT2D eigenvalue weighted by Gasteiger charge is 2.06. The molecule has 0 aromatic rings. The number of aliphatic hydroxyl groups excluding tert-OH is 1. The van der Waals surface area contributed by atoms with Gasteiger partial charge in [0.2, 0.25) is 0 Å². The molecule has 0 aliphatic rings. The van der Waals surface area contributed by atoms with Crippen LogP contribution in [0.5, 0.6) is 0 Å². The van der Waals surface area contributed by atoms with E-state index in [1.54, 1.807) is 0 Å². The van der Waals surface area contributed by atoms with E-state index in [0.717, 1.165) is 0 Å². The molecular weight excluding hydrogens is 114 g/mol. The first-order chi connectivity index (χ1) is 3.72. The van der Waals surface area contributed by atoms with Gasteiger partial charge < -0.3 is 10.8 Å². The predicted molar refractivity (Wildman–Crippen MR) is 25.0 cm³/mol. The van der Waals surface area contributed by atoms with E-state index >= 15 is 0 Å². The second kappa shape index (κ2) is 3.16. The van der Waals surface area contributed by atoms with E-state index in [4.69, 9.17) is 10.8 Å². The molecule has 0 bridgehead atoms. The van der Waals surface area contributed by atoms with Gasteiger partial charge in [0.05, 0.1) is 0 Å². The predicted octanol–water partition coefficient (Wildman–Crippen LogP) is -1.65. The minimum atomic E-state index is -0.764. The molecule has 0 spiro atoms. The Morgan fingerprint density at radius 2 is 2.38 bits per heavy atom. The first-order valence-corrected chi connectivity index (χ1v) is 1.92. The van der Waals surface area contributed by atoms with E-state index in [9.17, 15) is 10.1 Å². The molecule has 0 radical (unpaired) electrons. The summed E-state index contributed by atoms with van der Waals surface area (Å²) in [4.78, 5) is 9.65. The highest BCUT2D eigenvalue weighted by molar-refractivity contribution is 4.22.